The predicted octanol–water partition coefficient (Wildman–Crippen LogP) is 0.637. The summed E-state index contributed by atoms with van der Waals surface area (Å²) in [6.45, 7) is 12.2. The Morgan fingerprint density at radius 2 is 2.06 bits per heavy atom. The van der Waals surface area contributed by atoms with Gasteiger partial charge in [-0.15, -0.1) is 0 Å². The molecule has 2 rings (SSSR count). The second kappa shape index (κ2) is 6.85. The minimum Gasteiger partial charge on any atom is -0.379 e. The lowest BCUT2D eigenvalue weighted by Gasteiger charge is -2.40. The van der Waals surface area contributed by atoms with Crippen LogP contribution in [0, 0.1) is 5.92 Å². The number of ether oxygens (including phenoxy) is 1. The molecular weight excluding hydrogens is 226 g/mol. The van der Waals surface area contributed by atoms with Crippen molar-refractivity contribution in [3.63, 3.8) is 0 Å². The minimum atomic E-state index is 0.565. The minimum absolute atomic E-state index is 0.565. The van der Waals surface area contributed by atoms with Gasteiger partial charge in [0.1, 0.15) is 0 Å². The Kier molecular flexibility index (Phi) is 5.42. The van der Waals surface area contributed by atoms with E-state index in [1.54, 1.807) is 0 Å². The van der Waals surface area contributed by atoms with Gasteiger partial charge < -0.3 is 19.9 Å². The lowest BCUT2D eigenvalue weighted by atomic mass is 10.0. The number of likely N-dealkylation sites (N-methyl/N-ethyl adjacent to an activating group) is 2. The maximum absolute atomic E-state index is 5.64. The summed E-state index contributed by atoms with van der Waals surface area (Å²) in [4.78, 5) is 5.14. The molecule has 2 fully saturated rings. The summed E-state index contributed by atoms with van der Waals surface area (Å²) < 4.78 is 5.64. The van der Waals surface area contributed by atoms with Gasteiger partial charge in [-0.2, -0.15) is 0 Å². The maximum atomic E-state index is 5.64. The third-order valence-corrected chi connectivity index (χ3v) is 4.49. The fraction of sp³-hybridized carbons (Fsp3) is 1.00. The van der Waals surface area contributed by atoms with E-state index in [4.69, 9.17) is 4.74 Å². The van der Waals surface area contributed by atoms with Gasteiger partial charge in [0.15, 0.2) is 0 Å². The smallest absolute Gasteiger partial charge is 0.0623 e. The van der Waals surface area contributed by atoms with E-state index < -0.39 is 0 Å². The quantitative estimate of drug-likeness (QED) is 0.780. The Labute approximate surface area is 112 Å². The van der Waals surface area contributed by atoms with Gasteiger partial charge in [0.25, 0.3) is 0 Å². The van der Waals surface area contributed by atoms with Crippen molar-refractivity contribution in [2.45, 2.75) is 32.4 Å². The zero-order chi connectivity index (χ0) is 13.0. The third-order valence-electron chi connectivity index (χ3n) is 4.49. The van der Waals surface area contributed by atoms with E-state index in [0.29, 0.717) is 12.0 Å². The molecule has 0 bridgehead atoms. The van der Waals surface area contributed by atoms with Crippen molar-refractivity contribution in [1.29, 1.82) is 0 Å². The number of nitrogens with one attached hydrogen (secondary N) is 1. The van der Waals surface area contributed by atoms with Crippen LogP contribution in [-0.2, 0) is 4.74 Å². The van der Waals surface area contributed by atoms with Gasteiger partial charge in [0, 0.05) is 44.2 Å². The molecule has 3 unspecified atom stereocenters. The van der Waals surface area contributed by atoms with Crippen molar-refractivity contribution < 1.29 is 4.74 Å². The highest BCUT2D eigenvalue weighted by Gasteiger charge is 2.31. The van der Waals surface area contributed by atoms with E-state index in [1.165, 1.54) is 32.6 Å². The molecule has 2 aliphatic heterocycles. The van der Waals surface area contributed by atoms with Gasteiger partial charge >= 0.3 is 0 Å². The second-order valence-electron chi connectivity index (χ2n) is 5.76. The van der Waals surface area contributed by atoms with Crippen molar-refractivity contribution in [2.24, 2.45) is 5.92 Å². The highest BCUT2D eigenvalue weighted by atomic mass is 16.5. The van der Waals surface area contributed by atoms with Crippen molar-refractivity contribution in [3.05, 3.63) is 0 Å². The largest absolute Gasteiger partial charge is 0.379 e. The first-order valence-electron chi connectivity index (χ1n) is 7.48. The summed E-state index contributed by atoms with van der Waals surface area (Å²) in [7, 11) is 2.26. The zero-order valence-corrected chi connectivity index (χ0v) is 12.2. The van der Waals surface area contributed by atoms with Gasteiger partial charge in [0.2, 0.25) is 0 Å². The molecule has 0 radical (unpaired) electrons. The van der Waals surface area contributed by atoms with Crippen LogP contribution in [0.15, 0.2) is 0 Å². The second-order valence-corrected chi connectivity index (χ2v) is 5.76. The Morgan fingerprint density at radius 1 is 1.22 bits per heavy atom. The molecule has 0 saturated carbocycles. The van der Waals surface area contributed by atoms with E-state index in [-0.39, 0.29) is 0 Å². The first kappa shape index (κ1) is 14.3. The van der Waals surface area contributed by atoms with Gasteiger partial charge in [-0.1, -0.05) is 13.8 Å². The molecule has 18 heavy (non-hydrogen) atoms. The molecule has 0 aromatic carbocycles. The summed E-state index contributed by atoms with van der Waals surface area (Å²) in [6, 6.07) is 1.30. The normalized spacial score (nSPS) is 35.2. The molecule has 1 N–H and O–H groups in total. The van der Waals surface area contributed by atoms with Gasteiger partial charge in [-0.25, -0.2) is 0 Å². The van der Waals surface area contributed by atoms with Crippen LogP contribution in [0.4, 0.5) is 0 Å². The summed E-state index contributed by atoms with van der Waals surface area (Å²) in [5.41, 5.74) is 0. The molecule has 0 aromatic heterocycles. The van der Waals surface area contributed by atoms with Crippen molar-refractivity contribution >= 4 is 0 Å². The maximum Gasteiger partial charge on any atom is 0.0623 e. The average Bonchev–Trinajstić information content (AvgIpc) is 2.80. The van der Waals surface area contributed by atoms with Crippen LogP contribution in [0.25, 0.3) is 0 Å². The molecule has 3 atom stereocenters. The molecule has 0 aromatic rings. The summed E-state index contributed by atoms with van der Waals surface area (Å²) in [5.74, 6) is 0.672. The molecule has 0 spiro atoms. The highest BCUT2D eigenvalue weighted by Crippen LogP contribution is 2.18. The monoisotopic (exact) mass is 255 g/mol. The molecule has 2 heterocycles. The lowest BCUT2D eigenvalue weighted by Crippen LogP contribution is -2.53. The summed E-state index contributed by atoms with van der Waals surface area (Å²) in [5, 5.41) is 3.56. The van der Waals surface area contributed by atoms with Gasteiger partial charge in [-0.3, -0.25) is 0 Å². The van der Waals surface area contributed by atoms with Crippen LogP contribution >= 0.6 is 0 Å². The predicted molar refractivity (Wildman–Crippen MR) is 74.9 cm³/mol. The third kappa shape index (κ3) is 3.44. The van der Waals surface area contributed by atoms with E-state index in [9.17, 15) is 0 Å². The number of nitrogens with zero attached hydrogens (tertiary/aromatic N) is 2. The molecule has 0 aliphatic carbocycles. The summed E-state index contributed by atoms with van der Waals surface area (Å²) >= 11 is 0. The SMILES string of the molecule is CCNC1COCC1CN1CCN(C)C(CC)C1. The molecule has 106 valence electrons. The van der Waals surface area contributed by atoms with Crippen LogP contribution < -0.4 is 5.32 Å². The number of rotatable bonds is 5. The fourth-order valence-corrected chi connectivity index (χ4v) is 3.22. The molecule has 0 amide bonds. The lowest BCUT2D eigenvalue weighted by molar-refractivity contribution is 0.0766. The Hall–Kier alpha value is -0.160. The summed E-state index contributed by atoms with van der Waals surface area (Å²) in [6.07, 6.45) is 1.25. The van der Waals surface area contributed by atoms with E-state index in [2.05, 4.69) is 36.0 Å². The zero-order valence-electron chi connectivity index (χ0n) is 12.2. The Morgan fingerprint density at radius 3 is 2.78 bits per heavy atom. The van der Waals surface area contributed by atoms with Crippen LogP contribution in [0.1, 0.15) is 20.3 Å². The highest BCUT2D eigenvalue weighted by molar-refractivity contribution is 4.86. The number of piperazine rings is 1. The standard InChI is InChI=1S/C14H29N3O/c1-4-13-9-17(7-6-16(13)3)8-12-10-18-11-14(12)15-5-2/h12-15H,4-11H2,1-3H3. The number of hydrogen-bond donors (Lipinski definition) is 1. The van der Waals surface area contributed by atoms with Crippen molar-refractivity contribution in [1.82, 2.24) is 15.1 Å². The first-order valence-corrected chi connectivity index (χ1v) is 7.48. The molecule has 2 saturated heterocycles. The first-order chi connectivity index (χ1) is 8.74. The molecule has 4 nitrogen and oxygen atoms in total. The van der Waals surface area contributed by atoms with E-state index >= 15 is 0 Å². The topological polar surface area (TPSA) is 27.7 Å². The van der Waals surface area contributed by atoms with Crippen LogP contribution in [0.5, 0.6) is 0 Å². The van der Waals surface area contributed by atoms with E-state index in [1.807, 2.05) is 0 Å². The number of hydrogen-bond acceptors (Lipinski definition) is 4. The molecule has 2 aliphatic rings. The van der Waals surface area contributed by atoms with Crippen LogP contribution in [0.2, 0.25) is 0 Å². The van der Waals surface area contributed by atoms with Crippen LogP contribution in [0.3, 0.4) is 0 Å². The average molecular weight is 255 g/mol. The molecular formula is C14H29N3O. The Balaban J connectivity index is 1.82. The van der Waals surface area contributed by atoms with Crippen molar-refractivity contribution in [3.8, 4) is 0 Å². The van der Waals surface area contributed by atoms with Gasteiger partial charge in [0.05, 0.1) is 13.2 Å². The Bertz CT molecular complexity index is 249. The van der Waals surface area contributed by atoms with Crippen molar-refractivity contribution in [2.75, 3.05) is 53.0 Å². The van der Waals surface area contributed by atoms with E-state index in [0.717, 1.165) is 25.8 Å². The van der Waals surface area contributed by atoms with Crippen LogP contribution in [-0.4, -0.2) is 74.9 Å². The fourth-order valence-electron chi connectivity index (χ4n) is 3.22. The van der Waals surface area contributed by atoms with Gasteiger partial charge in [-0.05, 0) is 20.0 Å². The molecule has 4 heteroatoms.